The number of aromatic nitrogens is 2. The van der Waals surface area contributed by atoms with Gasteiger partial charge in [-0.3, -0.25) is 4.57 Å². The highest BCUT2D eigenvalue weighted by Gasteiger charge is 2.15. The molecule has 0 N–H and O–H groups in total. The molecule has 0 amide bonds. The maximum atomic E-state index is 4.69. The monoisotopic (exact) mass is 354 g/mol. The van der Waals surface area contributed by atoms with Gasteiger partial charge in [-0.05, 0) is 39.9 Å². The van der Waals surface area contributed by atoms with E-state index in [2.05, 4.69) is 88.0 Å². The van der Waals surface area contributed by atoms with Crippen LogP contribution in [0, 0.1) is 0 Å². The summed E-state index contributed by atoms with van der Waals surface area (Å²) >= 11 is 3.54. The van der Waals surface area contributed by atoms with Crippen molar-refractivity contribution in [3.63, 3.8) is 0 Å². The van der Waals surface area contributed by atoms with Crippen LogP contribution in [-0.2, 0) is 12.8 Å². The molecular weight excluding hydrogens is 336 g/mol. The summed E-state index contributed by atoms with van der Waals surface area (Å²) in [6.45, 7) is 4.40. The first-order valence-electron chi connectivity index (χ1n) is 7.66. The number of halogens is 1. The largest absolute Gasteiger partial charge is 0.298 e. The molecule has 3 heteroatoms. The van der Waals surface area contributed by atoms with E-state index in [1.165, 1.54) is 16.8 Å². The van der Waals surface area contributed by atoms with Gasteiger partial charge in [-0.15, -0.1) is 0 Å². The highest BCUT2D eigenvalue weighted by Crippen LogP contribution is 2.29. The van der Waals surface area contributed by atoms with Crippen LogP contribution in [0.4, 0.5) is 0 Å². The summed E-state index contributed by atoms with van der Waals surface area (Å²) in [6.07, 6.45) is 4.08. The predicted octanol–water partition coefficient (Wildman–Crippen LogP) is 5.43. The maximum Gasteiger partial charge on any atom is 0.145 e. The van der Waals surface area contributed by atoms with Gasteiger partial charge in [-0.25, -0.2) is 4.98 Å². The Labute approximate surface area is 140 Å². The minimum absolute atomic E-state index is 0.860. The normalized spacial score (nSPS) is 10.9. The number of para-hydroxylation sites is 1. The zero-order chi connectivity index (χ0) is 15.5. The lowest BCUT2D eigenvalue weighted by Gasteiger charge is -2.16. The third kappa shape index (κ3) is 2.73. The van der Waals surface area contributed by atoms with E-state index in [1.807, 2.05) is 6.07 Å². The number of nitrogens with zero attached hydrogens (tertiary/aromatic N) is 2. The Bertz CT molecular complexity index is 753. The van der Waals surface area contributed by atoms with E-state index in [1.54, 1.807) is 0 Å². The molecule has 0 saturated carbocycles. The molecule has 1 heterocycles. The van der Waals surface area contributed by atoms with Gasteiger partial charge in [0, 0.05) is 11.8 Å². The molecule has 0 spiro atoms. The maximum absolute atomic E-state index is 4.69. The molecule has 0 radical (unpaired) electrons. The minimum atomic E-state index is 0.860. The fraction of sp³-hybridized carbons (Fsp3) is 0.211. The van der Waals surface area contributed by atoms with Gasteiger partial charge in [0.25, 0.3) is 0 Å². The number of hydrogen-bond donors (Lipinski definition) is 0. The summed E-state index contributed by atoms with van der Waals surface area (Å²) in [7, 11) is 0. The summed E-state index contributed by atoms with van der Waals surface area (Å²) < 4.78 is 3.08. The molecule has 0 aliphatic carbocycles. The lowest BCUT2D eigenvalue weighted by atomic mass is 10.0. The van der Waals surface area contributed by atoms with Gasteiger partial charge in [-0.2, -0.15) is 0 Å². The van der Waals surface area contributed by atoms with Gasteiger partial charge in [0.05, 0.1) is 5.69 Å². The molecule has 2 aromatic carbocycles. The average Bonchev–Trinajstić information content (AvgIpc) is 2.96. The Kier molecular flexibility index (Phi) is 4.44. The molecule has 0 saturated heterocycles. The standard InChI is InChI=1S/C19H19BrN2/c1-3-14-11-8-12-15(4-2)18(14)22-13-17(20)21-19(22)16-9-6-5-7-10-16/h5-13H,3-4H2,1-2H3. The van der Waals surface area contributed by atoms with Crippen LogP contribution in [0.25, 0.3) is 17.1 Å². The summed E-state index contributed by atoms with van der Waals surface area (Å²) in [5.74, 6) is 0.975. The second kappa shape index (κ2) is 6.49. The number of aryl methyl sites for hydroxylation is 2. The van der Waals surface area contributed by atoms with Crippen LogP contribution in [0.1, 0.15) is 25.0 Å². The molecule has 1 aromatic heterocycles. The van der Waals surface area contributed by atoms with Gasteiger partial charge in [0.2, 0.25) is 0 Å². The van der Waals surface area contributed by atoms with Crippen LogP contribution in [0.5, 0.6) is 0 Å². The van der Waals surface area contributed by atoms with Crippen LogP contribution in [0.2, 0.25) is 0 Å². The van der Waals surface area contributed by atoms with E-state index in [0.29, 0.717) is 0 Å². The van der Waals surface area contributed by atoms with Gasteiger partial charge in [-0.1, -0.05) is 62.4 Å². The Hall–Kier alpha value is -1.87. The van der Waals surface area contributed by atoms with Gasteiger partial charge in [0.15, 0.2) is 0 Å². The number of hydrogen-bond acceptors (Lipinski definition) is 1. The third-order valence-electron chi connectivity index (χ3n) is 3.91. The van der Waals surface area contributed by atoms with E-state index < -0.39 is 0 Å². The molecular formula is C19H19BrN2. The van der Waals surface area contributed by atoms with Crippen molar-refractivity contribution in [3.8, 4) is 17.1 Å². The molecule has 0 aliphatic rings. The quantitative estimate of drug-likeness (QED) is 0.610. The molecule has 0 bridgehead atoms. The smallest absolute Gasteiger partial charge is 0.145 e. The zero-order valence-corrected chi connectivity index (χ0v) is 14.5. The number of rotatable bonds is 4. The fourth-order valence-electron chi connectivity index (χ4n) is 2.84. The Morgan fingerprint density at radius 3 is 2.14 bits per heavy atom. The van der Waals surface area contributed by atoms with Crippen molar-refractivity contribution in [3.05, 3.63) is 70.5 Å². The molecule has 22 heavy (non-hydrogen) atoms. The van der Waals surface area contributed by atoms with Crippen LogP contribution in [0.3, 0.4) is 0 Å². The summed E-state index contributed by atoms with van der Waals surface area (Å²) in [4.78, 5) is 4.69. The van der Waals surface area contributed by atoms with E-state index in [4.69, 9.17) is 0 Å². The zero-order valence-electron chi connectivity index (χ0n) is 12.9. The first-order valence-corrected chi connectivity index (χ1v) is 8.45. The average molecular weight is 355 g/mol. The lowest BCUT2D eigenvalue weighted by molar-refractivity contribution is 0.969. The molecule has 3 aromatic rings. The summed E-state index contributed by atoms with van der Waals surface area (Å²) in [5.41, 5.74) is 5.09. The molecule has 3 rings (SSSR count). The molecule has 0 fully saturated rings. The second-order valence-electron chi connectivity index (χ2n) is 5.26. The van der Waals surface area contributed by atoms with Crippen LogP contribution in [0.15, 0.2) is 59.3 Å². The van der Waals surface area contributed by atoms with E-state index in [0.717, 1.165) is 28.8 Å². The van der Waals surface area contributed by atoms with E-state index in [9.17, 15) is 0 Å². The van der Waals surface area contributed by atoms with Crippen molar-refractivity contribution in [2.24, 2.45) is 0 Å². The van der Waals surface area contributed by atoms with Crippen molar-refractivity contribution in [2.75, 3.05) is 0 Å². The summed E-state index contributed by atoms with van der Waals surface area (Å²) in [6, 6.07) is 16.9. The molecule has 112 valence electrons. The number of benzene rings is 2. The van der Waals surface area contributed by atoms with Crippen molar-refractivity contribution in [2.45, 2.75) is 26.7 Å². The van der Waals surface area contributed by atoms with Crippen molar-refractivity contribution < 1.29 is 0 Å². The molecule has 0 atom stereocenters. The highest BCUT2D eigenvalue weighted by molar-refractivity contribution is 9.10. The Balaban J connectivity index is 2.26. The fourth-order valence-corrected chi connectivity index (χ4v) is 3.21. The molecule has 0 aliphatic heterocycles. The topological polar surface area (TPSA) is 17.8 Å². The third-order valence-corrected chi connectivity index (χ3v) is 4.30. The van der Waals surface area contributed by atoms with Crippen molar-refractivity contribution in [1.82, 2.24) is 9.55 Å². The van der Waals surface area contributed by atoms with Gasteiger partial charge >= 0.3 is 0 Å². The van der Waals surface area contributed by atoms with Gasteiger partial charge < -0.3 is 0 Å². The number of imidazole rings is 1. The van der Waals surface area contributed by atoms with Gasteiger partial charge in [0.1, 0.15) is 10.4 Å². The van der Waals surface area contributed by atoms with E-state index in [-0.39, 0.29) is 0 Å². The van der Waals surface area contributed by atoms with Crippen LogP contribution >= 0.6 is 15.9 Å². The predicted molar refractivity (Wildman–Crippen MR) is 95.5 cm³/mol. The molecule has 0 unspecified atom stereocenters. The Morgan fingerprint density at radius 1 is 0.909 bits per heavy atom. The first-order chi connectivity index (χ1) is 10.7. The minimum Gasteiger partial charge on any atom is -0.298 e. The highest BCUT2D eigenvalue weighted by atomic mass is 79.9. The van der Waals surface area contributed by atoms with Crippen molar-refractivity contribution in [1.29, 1.82) is 0 Å². The van der Waals surface area contributed by atoms with Crippen LogP contribution in [-0.4, -0.2) is 9.55 Å². The SMILES string of the molecule is CCc1cccc(CC)c1-n1cc(Br)nc1-c1ccccc1. The molecule has 2 nitrogen and oxygen atoms in total. The summed E-state index contributed by atoms with van der Waals surface area (Å²) in [5, 5.41) is 0. The lowest BCUT2D eigenvalue weighted by Crippen LogP contribution is -2.04. The van der Waals surface area contributed by atoms with Crippen LogP contribution < -0.4 is 0 Å². The van der Waals surface area contributed by atoms with Crippen molar-refractivity contribution >= 4 is 15.9 Å². The second-order valence-corrected chi connectivity index (χ2v) is 6.07. The Morgan fingerprint density at radius 2 is 1.55 bits per heavy atom. The first kappa shape index (κ1) is 15.0. The van der Waals surface area contributed by atoms with E-state index >= 15 is 0 Å².